The first kappa shape index (κ1) is 24.5. The summed E-state index contributed by atoms with van der Waals surface area (Å²) in [7, 11) is 3.13. The Labute approximate surface area is 188 Å². The Bertz CT molecular complexity index is 882. The largest absolute Gasteiger partial charge is 0.493 e. The number of rotatable bonds is 10. The summed E-state index contributed by atoms with van der Waals surface area (Å²) in [4.78, 5) is 11.9. The van der Waals surface area contributed by atoms with Gasteiger partial charge >= 0.3 is 6.03 Å². The number of benzene rings is 2. The van der Waals surface area contributed by atoms with Crippen LogP contribution in [0, 0.1) is 0 Å². The van der Waals surface area contributed by atoms with Crippen LogP contribution in [0.2, 0.25) is 0 Å². The van der Waals surface area contributed by atoms with Crippen molar-refractivity contribution in [3.63, 3.8) is 0 Å². The first-order valence-electron chi connectivity index (χ1n) is 10.1. The van der Waals surface area contributed by atoms with Crippen LogP contribution in [0.1, 0.15) is 38.8 Å². The van der Waals surface area contributed by atoms with Gasteiger partial charge in [0.1, 0.15) is 0 Å². The molecule has 32 heavy (non-hydrogen) atoms. The average Bonchev–Trinajstić information content (AvgIpc) is 2.74. The van der Waals surface area contributed by atoms with Crippen molar-refractivity contribution >= 4 is 18.5 Å². The molecule has 172 valence electrons. The minimum atomic E-state index is -0.587. The van der Waals surface area contributed by atoms with E-state index in [4.69, 9.17) is 18.9 Å². The third-order valence-electron chi connectivity index (χ3n) is 3.86. The van der Waals surface area contributed by atoms with Crippen molar-refractivity contribution in [3.05, 3.63) is 47.5 Å². The van der Waals surface area contributed by atoms with E-state index in [1.165, 1.54) is 12.4 Å². The molecule has 0 heterocycles. The van der Waals surface area contributed by atoms with E-state index in [2.05, 4.69) is 21.1 Å². The normalized spacial score (nSPS) is 11.2. The highest BCUT2D eigenvalue weighted by Crippen LogP contribution is 2.29. The van der Waals surface area contributed by atoms with Gasteiger partial charge in [-0.15, -0.1) is 0 Å². The van der Waals surface area contributed by atoms with Crippen LogP contribution >= 0.6 is 0 Å². The monoisotopic (exact) mass is 442 g/mol. The third-order valence-corrected chi connectivity index (χ3v) is 3.86. The van der Waals surface area contributed by atoms with Crippen LogP contribution in [0.3, 0.4) is 0 Å². The van der Waals surface area contributed by atoms with Crippen LogP contribution in [0.25, 0.3) is 0 Å². The summed E-state index contributed by atoms with van der Waals surface area (Å²) in [6, 6.07) is 10.1. The van der Waals surface area contributed by atoms with Gasteiger partial charge in [0.05, 0.1) is 38.9 Å². The maximum absolute atomic E-state index is 11.9. The minimum Gasteiger partial charge on any atom is -0.493 e. The quantitative estimate of drug-likeness (QED) is 0.428. The second-order valence-corrected chi connectivity index (χ2v) is 7.22. The van der Waals surface area contributed by atoms with Crippen LogP contribution in [-0.2, 0) is 0 Å². The van der Waals surface area contributed by atoms with E-state index in [1.54, 1.807) is 38.5 Å². The van der Waals surface area contributed by atoms with Gasteiger partial charge in [0.15, 0.2) is 23.0 Å². The first-order valence-corrected chi connectivity index (χ1v) is 10.1. The Morgan fingerprint density at radius 2 is 1.16 bits per heavy atom. The summed E-state index contributed by atoms with van der Waals surface area (Å²) >= 11 is 0. The molecule has 0 aliphatic heterocycles. The Kier molecular flexibility index (Phi) is 9.34. The van der Waals surface area contributed by atoms with Gasteiger partial charge in [-0.3, -0.25) is 0 Å². The van der Waals surface area contributed by atoms with E-state index in [1.807, 2.05) is 39.8 Å². The lowest BCUT2D eigenvalue weighted by Crippen LogP contribution is -2.28. The molecule has 0 aromatic heterocycles. The number of hydrogen-bond acceptors (Lipinski definition) is 7. The Morgan fingerprint density at radius 3 is 1.50 bits per heavy atom. The molecule has 0 saturated heterocycles. The highest BCUT2D eigenvalue weighted by molar-refractivity contribution is 5.84. The maximum Gasteiger partial charge on any atom is 0.355 e. The highest BCUT2D eigenvalue weighted by Gasteiger charge is 2.08. The topological polar surface area (TPSA) is 103 Å². The summed E-state index contributed by atoms with van der Waals surface area (Å²) < 4.78 is 22.0. The van der Waals surface area contributed by atoms with Crippen molar-refractivity contribution < 1.29 is 23.7 Å². The molecule has 9 nitrogen and oxygen atoms in total. The van der Waals surface area contributed by atoms with Crippen molar-refractivity contribution in [3.8, 4) is 23.0 Å². The standard InChI is InChI=1S/C23H30N4O5/c1-15(2)31-19-9-7-17(11-21(19)29-5)13-24-26-23(28)27-25-14-18-8-10-20(32-16(3)4)22(12-18)30-6/h7-16H,1-6H3,(H2,26,27,28)/b24-13+,25-14?. The maximum atomic E-state index is 11.9. The van der Waals surface area contributed by atoms with E-state index >= 15 is 0 Å². The molecule has 2 aromatic rings. The number of hydrazone groups is 2. The molecular weight excluding hydrogens is 412 g/mol. The minimum absolute atomic E-state index is 0.0294. The van der Waals surface area contributed by atoms with Gasteiger partial charge in [-0.2, -0.15) is 10.2 Å². The summed E-state index contributed by atoms with van der Waals surface area (Å²) in [5, 5.41) is 7.81. The molecule has 2 rings (SSSR count). The first-order chi connectivity index (χ1) is 15.3. The van der Waals surface area contributed by atoms with Crippen molar-refractivity contribution in [1.82, 2.24) is 10.9 Å². The average molecular weight is 443 g/mol. The molecule has 0 saturated carbocycles. The van der Waals surface area contributed by atoms with E-state index < -0.39 is 6.03 Å². The molecule has 0 atom stereocenters. The molecule has 0 bridgehead atoms. The zero-order chi connectivity index (χ0) is 23.5. The predicted molar refractivity (Wildman–Crippen MR) is 124 cm³/mol. The second-order valence-electron chi connectivity index (χ2n) is 7.22. The second kappa shape index (κ2) is 12.2. The number of carbonyl (C=O) groups excluding carboxylic acids is 1. The Hall–Kier alpha value is -3.75. The van der Waals surface area contributed by atoms with Crippen molar-refractivity contribution in [1.29, 1.82) is 0 Å². The van der Waals surface area contributed by atoms with Gasteiger partial charge in [-0.25, -0.2) is 15.6 Å². The van der Waals surface area contributed by atoms with E-state index in [-0.39, 0.29) is 12.2 Å². The van der Waals surface area contributed by atoms with Gasteiger partial charge in [-0.05, 0) is 75.2 Å². The van der Waals surface area contributed by atoms with Gasteiger partial charge in [0.2, 0.25) is 0 Å². The van der Waals surface area contributed by atoms with Crippen LogP contribution < -0.4 is 29.8 Å². The summed E-state index contributed by atoms with van der Waals surface area (Å²) in [6.45, 7) is 7.75. The van der Waals surface area contributed by atoms with Crippen LogP contribution in [0.4, 0.5) is 4.79 Å². The fourth-order valence-corrected chi connectivity index (χ4v) is 2.59. The molecule has 9 heteroatoms. The molecule has 0 spiro atoms. The lowest BCUT2D eigenvalue weighted by molar-refractivity contribution is 0.230. The molecule has 0 aliphatic carbocycles. The number of methoxy groups -OCH3 is 2. The highest BCUT2D eigenvalue weighted by atomic mass is 16.5. The van der Waals surface area contributed by atoms with Crippen LogP contribution in [-0.4, -0.2) is 44.9 Å². The van der Waals surface area contributed by atoms with Gasteiger partial charge in [-0.1, -0.05) is 0 Å². The molecule has 0 radical (unpaired) electrons. The van der Waals surface area contributed by atoms with Gasteiger partial charge < -0.3 is 18.9 Å². The Morgan fingerprint density at radius 1 is 0.750 bits per heavy atom. The fraction of sp³-hybridized carbons (Fsp3) is 0.348. The fourth-order valence-electron chi connectivity index (χ4n) is 2.59. The number of carbonyl (C=O) groups is 1. The lowest BCUT2D eigenvalue weighted by Gasteiger charge is -2.13. The van der Waals surface area contributed by atoms with Crippen molar-refractivity contribution in [2.45, 2.75) is 39.9 Å². The number of ether oxygens (including phenoxy) is 4. The summed E-state index contributed by atoms with van der Waals surface area (Å²) in [5.74, 6) is 2.44. The molecule has 2 aromatic carbocycles. The predicted octanol–water partition coefficient (Wildman–Crippen LogP) is 3.95. The van der Waals surface area contributed by atoms with E-state index in [9.17, 15) is 4.79 Å². The van der Waals surface area contributed by atoms with Crippen LogP contribution in [0.5, 0.6) is 23.0 Å². The number of nitrogens with zero attached hydrogens (tertiary/aromatic N) is 2. The van der Waals surface area contributed by atoms with Gasteiger partial charge in [0.25, 0.3) is 0 Å². The molecule has 0 fully saturated rings. The molecular formula is C23H30N4O5. The third kappa shape index (κ3) is 7.82. The SMILES string of the molecule is COc1cc(C=NNC(=O)N/N=C/c2ccc(OC(C)C)c(OC)c2)ccc1OC(C)C. The van der Waals surface area contributed by atoms with Gasteiger partial charge in [0, 0.05) is 0 Å². The number of urea groups is 1. The van der Waals surface area contributed by atoms with Crippen LogP contribution in [0.15, 0.2) is 46.6 Å². The zero-order valence-corrected chi connectivity index (χ0v) is 19.2. The summed E-state index contributed by atoms with van der Waals surface area (Å²) in [6.07, 6.45) is 3.04. The number of amides is 2. The molecule has 2 amide bonds. The van der Waals surface area contributed by atoms with Crippen molar-refractivity contribution in [2.75, 3.05) is 14.2 Å². The molecule has 0 aliphatic rings. The van der Waals surface area contributed by atoms with E-state index in [0.29, 0.717) is 23.0 Å². The molecule has 2 N–H and O–H groups in total. The number of nitrogens with one attached hydrogen (secondary N) is 2. The smallest absolute Gasteiger partial charge is 0.355 e. The van der Waals surface area contributed by atoms with Crippen molar-refractivity contribution in [2.24, 2.45) is 10.2 Å². The zero-order valence-electron chi connectivity index (χ0n) is 19.2. The van der Waals surface area contributed by atoms with E-state index in [0.717, 1.165) is 11.1 Å². The lowest BCUT2D eigenvalue weighted by atomic mass is 10.2. The summed E-state index contributed by atoms with van der Waals surface area (Å²) in [5.41, 5.74) is 6.16. The number of hydrogen-bond donors (Lipinski definition) is 2. The Balaban J connectivity index is 1.90. The molecule has 0 unspecified atom stereocenters.